The van der Waals surface area contributed by atoms with Crippen LogP contribution in [-0.2, 0) is 16.4 Å². The normalized spacial score (nSPS) is 18.9. The molecule has 0 unspecified atom stereocenters. The minimum Gasteiger partial charge on any atom is -0.633 e. The summed E-state index contributed by atoms with van der Waals surface area (Å²) in [6.45, 7) is 0.803. The molecule has 1 fully saturated rings. The number of rotatable bonds is 7. The third kappa shape index (κ3) is 5.01. The molecule has 2 aromatic rings. The molecule has 0 bridgehead atoms. The van der Waals surface area contributed by atoms with Gasteiger partial charge in [-0.2, -0.15) is 9.40 Å². The van der Waals surface area contributed by atoms with Crippen LogP contribution in [-0.4, -0.2) is 72.3 Å². The Hall–Kier alpha value is -2.07. The van der Waals surface area contributed by atoms with Gasteiger partial charge < -0.3 is 9.85 Å². The van der Waals surface area contributed by atoms with E-state index < -0.39 is 20.6 Å². The Balaban J connectivity index is 1.79. The van der Waals surface area contributed by atoms with Gasteiger partial charge in [-0.25, -0.2) is 8.42 Å². The lowest BCUT2D eigenvalue weighted by molar-refractivity contribution is -0.864. The third-order valence-corrected chi connectivity index (χ3v) is 6.90. The fourth-order valence-corrected chi connectivity index (χ4v) is 4.96. The monoisotopic (exact) mass is 392 g/mol. The van der Waals surface area contributed by atoms with Gasteiger partial charge in [-0.3, -0.25) is 9.89 Å². The van der Waals surface area contributed by atoms with E-state index in [0.717, 1.165) is 5.56 Å². The van der Waals surface area contributed by atoms with E-state index in [9.17, 15) is 18.4 Å². The fraction of sp³-hybridized carbons (Fsp3) is 0.444. The summed E-state index contributed by atoms with van der Waals surface area (Å²) >= 11 is 0. The van der Waals surface area contributed by atoms with Crippen LogP contribution < -0.4 is 0 Å². The molecule has 1 aliphatic rings. The van der Waals surface area contributed by atoms with Gasteiger partial charge >= 0.3 is 0 Å². The Bertz CT molecular complexity index is 856. The highest BCUT2D eigenvalue weighted by molar-refractivity contribution is 7.89. The number of carbonyl (C=O) groups excluding carboxylic acids is 1. The average molecular weight is 392 g/mol. The highest BCUT2D eigenvalue weighted by Crippen LogP contribution is 2.20. The molecule has 1 saturated heterocycles. The second-order valence-corrected chi connectivity index (χ2v) is 9.17. The number of aromatic nitrogens is 2. The summed E-state index contributed by atoms with van der Waals surface area (Å²) in [6, 6.07) is 9.35. The molecule has 146 valence electrons. The molecule has 1 atom stereocenters. The predicted molar refractivity (Wildman–Crippen MR) is 101 cm³/mol. The second-order valence-electron chi connectivity index (χ2n) is 7.16. The summed E-state index contributed by atoms with van der Waals surface area (Å²) in [4.78, 5) is 12.9. The molecule has 0 saturated carbocycles. The Labute approximate surface area is 159 Å². The summed E-state index contributed by atoms with van der Waals surface area (Å²) in [6.07, 6.45) is 3.22. The molecule has 0 aliphatic carbocycles. The average Bonchev–Trinajstić information content (AvgIpc) is 3.15. The zero-order valence-electron chi connectivity index (χ0n) is 15.2. The van der Waals surface area contributed by atoms with Crippen LogP contribution in [0.15, 0.2) is 42.7 Å². The summed E-state index contributed by atoms with van der Waals surface area (Å²) in [5, 5.41) is 18.4. The molecule has 1 aliphatic heterocycles. The molecule has 8 nitrogen and oxygen atoms in total. The number of carbonyl (C=O) groups is 1. The molecule has 1 aromatic carbocycles. The fourth-order valence-electron chi connectivity index (χ4n) is 3.25. The van der Waals surface area contributed by atoms with Crippen molar-refractivity contribution >= 4 is 15.8 Å². The number of hydroxylamine groups is 3. The van der Waals surface area contributed by atoms with Gasteiger partial charge in [0.25, 0.3) is 0 Å². The summed E-state index contributed by atoms with van der Waals surface area (Å²) in [5.41, 5.74) is 1.27. The first-order valence-electron chi connectivity index (χ1n) is 8.87. The Morgan fingerprint density at radius 1 is 1.30 bits per heavy atom. The largest absolute Gasteiger partial charge is 0.633 e. The van der Waals surface area contributed by atoms with E-state index in [2.05, 4.69) is 10.2 Å². The predicted octanol–water partition coefficient (Wildman–Crippen LogP) is 1.04. The molecular weight excluding hydrogens is 368 g/mol. The van der Waals surface area contributed by atoms with E-state index in [1.54, 1.807) is 7.05 Å². The van der Waals surface area contributed by atoms with Gasteiger partial charge in [0.1, 0.15) is 0 Å². The van der Waals surface area contributed by atoms with E-state index in [1.807, 2.05) is 30.3 Å². The number of H-pyrrole nitrogens is 1. The molecule has 0 radical (unpaired) electrons. The third-order valence-electron chi connectivity index (χ3n) is 4.93. The SMILES string of the molecule is C[N+]1([O-])CCN(S(=O)(=O)C[C@@H](Cc2ccccc2)C(=O)c2cn[nH]c2)CC1. The zero-order chi connectivity index (χ0) is 19.5. The van der Waals surface area contributed by atoms with Crippen LogP contribution >= 0.6 is 0 Å². The van der Waals surface area contributed by atoms with E-state index >= 15 is 0 Å². The number of nitrogens with one attached hydrogen (secondary N) is 1. The van der Waals surface area contributed by atoms with Crippen molar-refractivity contribution < 1.29 is 17.9 Å². The smallest absolute Gasteiger partial charge is 0.215 e. The first kappa shape index (κ1) is 19.7. The van der Waals surface area contributed by atoms with Gasteiger partial charge in [-0.05, 0) is 12.0 Å². The Morgan fingerprint density at radius 2 is 1.96 bits per heavy atom. The van der Waals surface area contributed by atoms with Crippen molar-refractivity contribution in [3.63, 3.8) is 0 Å². The molecule has 2 heterocycles. The zero-order valence-corrected chi connectivity index (χ0v) is 16.1. The summed E-state index contributed by atoms with van der Waals surface area (Å²) in [5.74, 6) is -1.25. The standard InChI is InChI=1S/C18H24N4O4S/c1-22(24)9-7-21(8-10-22)27(25,26)14-16(11-15-5-3-2-4-6-15)18(23)17-12-19-20-13-17/h2-6,12-13,16H,7-11,14H2,1H3,(H,19,20)/t16-/m1/s1. The highest BCUT2D eigenvalue weighted by Gasteiger charge is 2.34. The lowest BCUT2D eigenvalue weighted by Gasteiger charge is -2.44. The minimum atomic E-state index is -3.66. The molecule has 0 amide bonds. The lowest BCUT2D eigenvalue weighted by atomic mass is 9.94. The quantitative estimate of drug-likeness (QED) is 0.430. The number of Topliss-reactive ketones (excluding diaryl/α,β-unsaturated/α-hetero) is 1. The number of hydrogen-bond acceptors (Lipinski definition) is 5. The van der Waals surface area contributed by atoms with Crippen LogP contribution in [0.4, 0.5) is 0 Å². The van der Waals surface area contributed by atoms with Gasteiger partial charge in [0.15, 0.2) is 5.78 Å². The number of benzene rings is 1. The number of hydrogen-bond donors (Lipinski definition) is 1. The molecule has 27 heavy (non-hydrogen) atoms. The second kappa shape index (κ2) is 7.89. The van der Waals surface area contributed by atoms with Gasteiger partial charge in [0, 0.05) is 12.1 Å². The molecular formula is C18H24N4O4S. The van der Waals surface area contributed by atoms with Crippen LogP contribution in [0.2, 0.25) is 0 Å². The number of piperazine rings is 1. The van der Waals surface area contributed by atoms with Gasteiger partial charge in [0.2, 0.25) is 10.0 Å². The lowest BCUT2D eigenvalue weighted by Crippen LogP contribution is -2.55. The van der Waals surface area contributed by atoms with Crippen molar-refractivity contribution in [1.29, 1.82) is 0 Å². The van der Waals surface area contributed by atoms with Crippen molar-refractivity contribution in [2.45, 2.75) is 6.42 Å². The molecule has 0 spiro atoms. The molecule has 1 aromatic heterocycles. The van der Waals surface area contributed by atoms with Crippen LogP contribution in [0.3, 0.4) is 0 Å². The maximum absolute atomic E-state index is 12.9. The first-order valence-corrected chi connectivity index (χ1v) is 10.5. The summed E-state index contributed by atoms with van der Waals surface area (Å²) < 4.78 is 26.7. The van der Waals surface area contributed by atoms with Gasteiger partial charge in [-0.1, -0.05) is 30.3 Å². The van der Waals surface area contributed by atoms with Crippen molar-refractivity contribution in [3.05, 3.63) is 59.1 Å². The number of likely N-dealkylation sites (N-methyl/N-ethyl adjacent to an activating group) is 1. The van der Waals surface area contributed by atoms with Crippen molar-refractivity contribution in [2.75, 3.05) is 39.0 Å². The highest BCUT2D eigenvalue weighted by atomic mass is 32.2. The minimum absolute atomic E-state index is 0.181. The van der Waals surface area contributed by atoms with E-state index in [1.165, 1.54) is 16.7 Å². The Kier molecular flexibility index (Phi) is 5.75. The van der Waals surface area contributed by atoms with Gasteiger partial charge in [0.05, 0.1) is 50.7 Å². The number of sulfonamides is 1. The Morgan fingerprint density at radius 3 is 2.56 bits per heavy atom. The molecule has 1 N–H and O–H groups in total. The van der Waals surface area contributed by atoms with Gasteiger partial charge in [-0.15, -0.1) is 0 Å². The van der Waals surface area contributed by atoms with Crippen LogP contribution in [0.25, 0.3) is 0 Å². The number of ketones is 1. The number of aromatic amines is 1. The first-order chi connectivity index (χ1) is 12.8. The molecule has 9 heteroatoms. The van der Waals surface area contributed by atoms with Crippen LogP contribution in [0.5, 0.6) is 0 Å². The number of quaternary nitrogens is 1. The topological polar surface area (TPSA) is 106 Å². The number of nitrogens with zero attached hydrogens (tertiary/aromatic N) is 3. The van der Waals surface area contributed by atoms with Crippen molar-refractivity contribution in [1.82, 2.24) is 14.5 Å². The maximum Gasteiger partial charge on any atom is 0.215 e. The molecule has 3 rings (SSSR count). The van der Waals surface area contributed by atoms with Crippen LogP contribution in [0, 0.1) is 11.1 Å². The van der Waals surface area contributed by atoms with E-state index in [0.29, 0.717) is 12.0 Å². The van der Waals surface area contributed by atoms with Crippen molar-refractivity contribution in [3.8, 4) is 0 Å². The maximum atomic E-state index is 12.9. The summed E-state index contributed by atoms with van der Waals surface area (Å²) in [7, 11) is -2.11. The van der Waals surface area contributed by atoms with E-state index in [4.69, 9.17) is 0 Å². The van der Waals surface area contributed by atoms with E-state index in [-0.39, 0.29) is 37.7 Å². The van der Waals surface area contributed by atoms with Crippen molar-refractivity contribution in [2.24, 2.45) is 5.92 Å². The van der Waals surface area contributed by atoms with Crippen LogP contribution in [0.1, 0.15) is 15.9 Å².